The van der Waals surface area contributed by atoms with Gasteiger partial charge >= 0.3 is 0 Å². The van der Waals surface area contributed by atoms with E-state index in [0.29, 0.717) is 18.0 Å². The van der Waals surface area contributed by atoms with Crippen LogP contribution in [-0.2, 0) is 6.54 Å². The molecule has 1 aromatic heterocycles. The minimum Gasteiger partial charge on any atom is -0.325 e. The molecule has 0 radical (unpaired) electrons. The molecule has 1 aliphatic rings. The van der Waals surface area contributed by atoms with Crippen molar-refractivity contribution in [2.75, 3.05) is 0 Å². The van der Waals surface area contributed by atoms with Gasteiger partial charge in [-0.05, 0) is 31.1 Å². The second-order valence-corrected chi connectivity index (χ2v) is 5.29. The highest BCUT2D eigenvalue weighted by Gasteiger charge is 2.28. The third-order valence-electron chi connectivity index (χ3n) is 3.45. The number of nitrogens with zero attached hydrogens (tertiary/aromatic N) is 3. The first-order valence-electron chi connectivity index (χ1n) is 5.71. The molecule has 0 bridgehead atoms. The molecule has 4 nitrogen and oxygen atoms in total. The molecule has 0 atom stereocenters. The molecule has 15 heavy (non-hydrogen) atoms. The van der Waals surface area contributed by atoms with E-state index in [1.165, 1.54) is 25.7 Å². The SMILES string of the molecule is CC1(C)CCC(n2cc(CN)nn2)CC1. The van der Waals surface area contributed by atoms with Crippen LogP contribution in [0.2, 0.25) is 0 Å². The lowest BCUT2D eigenvalue weighted by Gasteiger charge is -2.34. The number of aromatic nitrogens is 3. The molecule has 1 saturated carbocycles. The Bertz CT molecular complexity index is 319. The molecule has 2 N–H and O–H groups in total. The van der Waals surface area contributed by atoms with Crippen molar-refractivity contribution in [1.82, 2.24) is 15.0 Å². The Morgan fingerprint density at radius 3 is 2.67 bits per heavy atom. The molecule has 1 heterocycles. The highest BCUT2D eigenvalue weighted by molar-refractivity contribution is 4.93. The van der Waals surface area contributed by atoms with Gasteiger partial charge in [0.1, 0.15) is 0 Å². The van der Waals surface area contributed by atoms with Crippen molar-refractivity contribution in [1.29, 1.82) is 0 Å². The van der Waals surface area contributed by atoms with E-state index in [1.54, 1.807) is 0 Å². The van der Waals surface area contributed by atoms with Crippen LogP contribution in [0.4, 0.5) is 0 Å². The van der Waals surface area contributed by atoms with Crippen LogP contribution < -0.4 is 5.73 Å². The molecule has 4 heteroatoms. The van der Waals surface area contributed by atoms with Crippen molar-refractivity contribution in [2.24, 2.45) is 11.1 Å². The second-order valence-electron chi connectivity index (χ2n) is 5.29. The average Bonchev–Trinajstić information content (AvgIpc) is 2.66. The van der Waals surface area contributed by atoms with E-state index < -0.39 is 0 Å². The molecule has 84 valence electrons. The summed E-state index contributed by atoms with van der Waals surface area (Å²) in [5, 5.41) is 8.18. The zero-order valence-electron chi connectivity index (χ0n) is 9.61. The van der Waals surface area contributed by atoms with Crippen molar-refractivity contribution < 1.29 is 0 Å². The van der Waals surface area contributed by atoms with Gasteiger partial charge in [-0.2, -0.15) is 0 Å². The van der Waals surface area contributed by atoms with Gasteiger partial charge in [0.2, 0.25) is 0 Å². The Balaban J connectivity index is 2.01. The predicted octanol–water partition coefficient (Wildman–Crippen LogP) is 1.88. The van der Waals surface area contributed by atoms with Gasteiger partial charge in [-0.25, -0.2) is 4.68 Å². The van der Waals surface area contributed by atoms with Gasteiger partial charge in [0, 0.05) is 6.54 Å². The van der Waals surface area contributed by atoms with E-state index in [4.69, 9.17) is 5.73 Å². The Kier molecular flexibility index (Phi) is 2.78. The summed E-state index contributed by atoms with van der Waals surface area (Å²) in [6.45, 7) is 5.17. The van der Waals surface area contributed by atoms with Crippen LogP contribution in [0.5, 0.6) is 0 Å². The molecule has 0 aliphatic heterocycles. The van der Waals surface area contributed by atoms with E-state index in [1.807, 2.05) is 10.9 Å². The van der Waals surface area contributed by atoms with Crippen LogP contribution >= 0.6 is 0 Å². The number of hydrogen-bond acceptors (Lipinski definition) is 3. The summed E-state index contributed by atoms with van der Waals surface area (Å²) in [6, 6.07) is 0.533. The van der Waals surface area contributed by atoms with Crippen LogP contribution in [0.1, 0.15) is 51.3 Å². The van der Waals surface area contributed by atoms with Crippen molar-refractivity contribution in [3.63, 3.8) is 0 Å². The molecule has 1 aliphatic carbocycles. The minimum atomic E-state index is 0.484. The van der Waals surface area contributed by atoms with Gasteiger partial charge in [0.15, 0.2) is 0 Å². The van der Waals surface area contributed by atoms with Gasteiger partial charge in [-0.3, -0.25) is 0 Å². The van der Waals surface area contributed by atoms with Gasteiger partial charge in [-0.1, -0.05) is 19.1 Å². The maximum absolute atomic E-state index is 5.52. The summed E-state index contributed by atoms with van der Waals surface area (Å²) in [5.41, 5.74) is 6.92. The maximum Gasteiger partial charge on any atom is 0.0962 e. The summed E-state index contributed by atoms with van der Waals surface area (Å²) in [7, 11) is 0. The van der Waals surface area contributed by atoms with Crippen molar-refractivity contribution in [3.05, 3.63) is 11.9 Å². The zero-order valence-corrected chi connectivity index (χ0v) is 9.61. The first-order chi connectivity index (χ1) is 7.11. The Morgan fingerprint density at radius 2 is 2.13 bits per heavy atom. The Labute approximate surface area is 90.8 Å². The van der Waals surface area contributed by atoms with Gasteiger partial charge in [0.25, 0.3) is 0 Å². The molecule has 2 rings (SSSR count). The van der Waals surface area contributed by atoms with E-state index in [0.717, 1.165) is 5.69 Å². The fraction of sp³-hybridized carbons (Fsp3) is 0.818. The molecule has 0 unspecified atom stereocenters. The fourth-order valence-electron chi connectivity index (χ4n) is 2.23. The van der Waals surface area contributed by atoms with Gasteiger partial charge in [-0.15, -0.1) is 5.10 Å². The average molecular weight is 208 g/mol. The Morgan fingerprint density at radius 1 is 1.47 bits per heavy atom. The fourth-order valence-corrected chi connectivity index (χ4v) is 2.23. The minimum absolute atomic E-state index is 0.484. The standard InChI is InChI=1S/C11H20N4/c1-11(2)5-3-10(4-6-11)15-8-9(7-12)13-14-15/h8,10H,3-7,12H2,1-2H3. The van der Waals surface area contributed by atoms with E-state index in [-0.39, 0.29) is 0 Å². The summed E-state index contributed by atoms with van der Waals surface area (Å²) in [4.78, 5) is 0. The van der Waals surface area contributed by atoms with Crippen LogP contribution in [0.3, 0.4) is 0 Å². The number of rotatable bonds is 2. The highest BCUT2D eigenvalue weighted by atomic mass is 15.4. The third-order valence-corrected chi connectivity index (χ3v) is 3.45. The highest BCUT2D eigenvalue weighted by Crippen LogP contribution is 2.39. The van der Waals surface area contributed by atoms with Crippen molar-refractivity contribution in [2.45, 2.75) is 52.1 Å². The molecule has 0 spiro atoms. The van der Waals surface area contributed by atoms with Crippen LogP contribution in [0.25, 0.3) is 0 Å². The summed E-state index contributed by atoms with van der Waals surface area (Å²) >= 11 is 0. The molecule has 0 saturated heterocycles. The first kappa shape index (κ1) is 10.6. The van der Waals surface area contributed by atoms with Crippen LogP contribution in [0.15, 0.2) is 6.20 Å². The summed E-state index contributed by atoms with van der Waals surface area (Å²) in [5.74, 6) is 0. The lowest BCUT2D eigenvalue weighted by atomic mass is 9.76. The van der Waals surface area contributed by atoms with E-state index in [2.05, 4.69) is 24.2 Å². The molecule has 0 aromatic carbocycles. The molecular weight excluding hydrogens is 188 g/mol. The van der Waals surface area contributed by atoms with Crippen molar-refractivity contribution >= 4 is 0 Å². The van der Waals surface area contributed by atoms with Crippen molar-refractivity contribution in [3.8, 4) is 0 Å². The van der Waals surface area contributed by atoms with E-state index in [9.17, 15) is 0 Å². The van der Waals surface area contributed by atoms with Crippen LogP contribution in [0, 0.1) is 5.41 Å². The first-order valence-corrected chi connectivity index (χ1v) is 5.71. The maximum atomic E-state index is 5.52. The zero-order chi connectivity index (χ0) is 10.9. The van der Waals surface area contributed by atoms with E-state index >= 15 is 0 Å². The summed E-state index contributed by atoms with van der Waals surface area (Å²) < 4.78 is 2.00. The molecular formula is C11H20N4. The quantitative estimate of drug-likeness (QED) is 0.807. The second kappa shape index (κ2) is 3.93. The summed E-state index contributed by atoms with van der Waals surface area (Å²) in [6.07, 6.45) is 6.95. The third kappa shape index (κ3) is 2.37. The topological polar surface area (TPSA) is 56.7 Å². The number of nitrogens with two attached hydrogens (primary N) is 1. The molecule has 0 amide bonds. The van der Waals surface area contributed by atoms with Gasteiger partial charge < -0.3 is 5.73 Å². The smallest absolute Gasteiger partial charge is 0.0962 e. The lowest BCUT2D eigenvalue weighted by molar-refractivity contribution is 0.184. The van der Waals surface area contributed by atoms with Crippen LogP contribution in [-0.4, -0.2) is 15.0 Å². The Hall–Kier alpha value is -0.900. The monoisotopic (exact) mass is 208 g/mol. The molecule has 1 fully saturated rings. The predicted molar refractivity (Wildman–Crippen MR) is 59.2 cm³/mol. The largest absolute Gasteiger partial charge is 0.325 e. The lowest BCUT2D eigenvalue weighted by Crippen LogP contribution is -2.23. The van der Waals surface area contributed by atoms with Gasteiger partial charge in [0.05, 0.1) is 17.9 Å². The normalized spacial score (nSPS) is 21.8. The molecule has 1 aromatic rings. The number of hydrogen-bond donors (Lipinski definition) is 1.